The maximum Gasteiger partial charge on any atom is 0.231 e. The molecule has 1 aliphatic rings. The van der Waals surface area contributed by atoms with Crippen molar-refractivity contribution in [3.8, 4) is 0 Å². The van der Waals surface area contributed by atoms with E-state index in [-0.39, 0.29) is 11.5 Å². The van der Waals surface area contributed by atoms with Gasteiger partial charge in [-0.15, -0.1) is 0 Å². The molecule has 0 spiro atoms. The van der Waals surface area contributed by atoms with Crippen molar-refractivity contribution in [2.45, 2.75) is 6.92 Å². The van der Waals surface area contributed by atoms with E-state index < -0.39 is 0 Å². The molecule has 1 rings (SSSR count). The lowest BCUT2D eigenvalue weighted by Crippen LogP contribution is -2.30. The molecule has 3 heteroatoms. The Kier molecular flexibility index (Phi) is 1.49. The third-order valence-corrected chi connectivity index (χ3v) is 1.38. The van der Waals surface area contributed by atoms with E-state index >= 15 is 0 Å². The Bertz CT molecular complexity index is 228. The molecule has 0 heterocycles. The second-order valence-corrected chi connectivity index (χ2v) is 2.06. The average Bonchev–Trinajstić information content (AvgIpc) is 1.98. The number of hydrogen-bond acceptors (Lipinski definition) is 3. The van der Waals surface area contributed by atoms with E-state index in [1.165, 1.54) is 0 Å². The predicted molar refractivity (Wildman–Crippen MR) is 37.5 cm³/mol. The van der Waals surface area contributed by atoms with Crippen LogP contribution in [0.3, 0.4) is 0 Å². The van der Waals surface area contributed by atoms with Crippen molar-refractivity contribution in [2.24, 2.45) is 0 Å². The van der Waals surface area contributed by atoms with Crippen LogP contribution in [0.15, 0.2) is 23.6 Å². The van der Waals surface area contributed by atoms with Crippen LogP contribution in [0.4, 0.5) is 0 Å². The SMILES string of the molecule is C=C1C(=O)C(O)=C1NCC. The number of rotatable bonds is 2. The van der Waals surface area contributed by atoms with Gasteiger partial charge in [-0.3, -0.25) is 4.79 Å². The van der Waals surface area contributed by atoms with Crippen LogP contribution >= 0.6 is 0 Å². The van der Waals surface area contributed by atoms with Crippen molar-refractivity contribution in [3.63, 3.8) is 0 Å². The van der Waals surface area contributed by atoms with Crippen molar-refractivity contribution in [2.75, 3.05) is 6.54 Å². The highest BCUT2D eigenvalue weighted by atomic mass is 16.3. The van der Waals surface area contributed by atoms with E-state index in [2.05, 4.69) is 11.9 Å². The largest absolute Gasteiger partial charge is 0.503 e. The van der Waals surface area contributed by atoms with Gasteiger partial charge in [0, 0.05) is 12.1 Å². The monoisotopic (exact) mass is 139 g/mol. The number of likely N-dealkylation sites (N-methyl/N-ethyl adjacent to an activating group) is 1. The van der Waals surface area contributed by atoms with Crippen molar-refractivity contribution < 1.29 is 9.90 Å². The quantitative estimate of drug-likeness (QED) is 0.548. The summed E-state index contributed by atoms with van der Waals surface area (Å²) in [6, 6.07) is 0. The maximum atomic E-state index is 10.6. The first-order chi connectivity index (χ1) is 4.68. The number of ketones is 1. The first-order valence-electron chi connectivity index (χ1n) is 3.09. The van der Waals surface area contributed by atoms with Crippen LogP contribution in [0.2, 0.25) is 0 Å². The third-order valence-electron chi connectivity index (χ3n) is 1.38. The van der Waals surface area contributed by atoms with Crippen LogP contribution in [-0.4, -0.2) is 17.4 Å². The molecule has 0 bridgehead atoms. The first kappa shape index (κ1) is 6.86. The molecule has 0 atom stereocenters. The normalized spacial score (nSPS) is 17.3. The predicted octanol–water partition coefficient (Wildman–Crippen LogP) is 0.504. The Labute approximate surface area is 59.0 Å². The molecule has 10 heavy (non-hydrogen) atoms. The molecule has 0 saturated carbocycles. The molecule has 0 saturated heterocycles. The van der Waals surface area contributed by atoms with Gasteiger partial charge in [0.05, 0.1) is 5.70 Å². The molecule has 0 unspecified atom stereocenters. The summed E-state index contributed by atoms with van der Waals surface area (Å²) in [5.74, 6) is -0.539. The van der Waals surface area contributed by atoms with Gasteiger partial charge >= 0.3 is 0 Å². The number of aliphatic hydroxyl groups is 1. The van der Waals surface area contributed by atoms with E-state index in [4.69, 9.17) is 5.11 Å². The van der Waals surface area contributed by atoms with Gasteiger partial charge < -0.3 is 10.4 Å². The lowest BCUT2D eigenvalue weighted by atomic mass is 9.95. The summed E-state index contributed by atoms with van der Waals surface area (Å²) < 4.78 is 0. The Balaban J connectivity index is 2.78. The summed E-state index contributed by atoms with van der Waals surface area (Å²) in [7, 11) is 0. The topological polar surface area (TPSA) is 49.3 Å². The molecular weight excluding hydrogens is 130 g/mol. The zero-order valence-electron chi connectivity index (χ0n) is 5.77. The number of nitrogens with one attached hydrogen (secondary N) is 1. The second-order valence-electron chi connectivity index (χ2n) is 2.06. The van der Waals surface area contributed by atoms with E-state index in [0.29, 0.717) is 17.8 Å². The number of Topliss-reactive ketones (excluding diaryl/α,β-unsaturated/α-hetero) is 1. The second kappa shape index (κ2) is 2.17. The van der Waals surface area contributed by atoms with Crippen LogP contribution in [0.25, 0.3) is 0 Å². The smallest absolute Gasteiger partial charge is 0.231 e. The Hall–Kier alpha value is -1.25. The van der Waals surface area contributed by atoms with Crippen LogP contribution in [0.1, 0.15) is 6.92 Å². The molecular formula is C7H9NO2. The minimum Gasteiger partial charge on any atom is -0.503 e. The lowest BCUT2D eigenvalue weighted by Gasteiger charge is -2.20. The van der Waals surface area contributed by atoms with Crippen molar-refractivity contribution >= 4 is 5.78 Å². The zero-order chi connectivity index (χ0) is 7.72. The summed E-state index contributed by atoms with van der Waals surface area (Å²) in [4.78, 5) is 10.6. The number of carbonyl (C=O) groups excluding carboxylic acids is 1. The molecule has 0 radical (unpaired) electrons. The molecule has 0 amide bonds. The fourth-order valence-electron chi connectivity index (χ4n) is 0.818. The van der Waals surface area contributed by atoms with Gasteiger partial charge in [0.2, 0.25) is 5.78 Å². The van der Waals surface area contributed by atoms with Crippen LogP contribution in [0.5, 0.6) is 0 Å². The molecule has 1 aliphatic carbocycles. The summed E-state index contributed by atoms with van der Waals surface area (Å²) in [5.41, 5.74) is 0.867. The molecule has 0 aliphatic heterocycles. The van der Waals surface area contributed by atoms with Gasteiger partial charge in [0.25, 0.3) is 0 Å². The van der Waals surface area contributed by atoms with Gasteiger partial charge in [0.1, 0.15) is 0 Å². The first-order valence-corrected chi connectivity index (χ1v) is 3.09. The van der Waals surface area contributed by atoms with Gasteiger partial charge in [-0.25, -0.2) is 0 Å². The fourth-order valence-corrected chi connectivity index (χ4v) is 0.818. The summed E-state index contributed by atoms with van der Waals surface area (Å²) >= 11 is 0. The summed E-state index contributed by atoms with van der Waals surface area (Å²) in [5, 5.41) is 11.7. The van der Waals surface area contributed by atoms with Crippen molar-refractivity contribution in [3.05, 3.63) is 23.6 Å². The minimum absolute atomic E-state index is 0.188. The molecule has 3 nitrogen and oxygen atoms in total. The molecule has 0 aromatic rings. The fraction of sp³-hybridized carbons (Fsp3) is 0.286. The van der Waals surface area contributed by atoms with Crippen LogP contribution < -0.4 is 5.32 Å². The number of aliphatic hydroxyl groups excluding tert-OH is 1. The molecule has 0 fully saturated rings. The molecule has 2 N–H and O–H groups in total. The van der Waals surface area contributed by atoms with Gasteiger partial charge in [-0.2, -0.15) is 0 Å². The number of allylic oxidation sites excluding steroid dienone is 2. The lowest BCUT2D eigenvalue weighted by molar-refractivity contribution is -0.116. The van der Waals surface area contributed by atoms with Crippen LogP contribution in [-0.2, 0) is 4.79 Å². The zero-order valence-corrected chi connectivity index (χ0v) is 5.77. The van der Waals surface area contributed by atoms with E-state index in [9.17, 15) is 4.79 Å². The van der Waals surface area contributed by atoms with Gasteiger partial charge in [0.15, 0.2) is 5.76 Å². The summed E-state index contributed by atoms with van der Waals surface area (Å²) in [6.45, 7) is 6.03. The van der Waals surface area contributed by atoms with Crippen LogP contribution in [0, 0.1) is 0 Å². The summed E-state index contributed by atoms with van der Waals surface area (Å²) in [6.07, 6.45) is 0. The Morgan fingerprint density at radius 1 is 1.70 bits per heavy atom. The third kappa shape index (κ3) is 0.708. The maximum absolute atomic E-state index is 10.6. The standard InChI is InChI=1S/C7H9NO2/c1-3-8-5-4(2)6(9)7(5)10/h8,10H,2-3H2,1H3. The highest BCUT2D eigenvalue weighted by Crippen LogP contribution is 2.23. The molecule has 0 aromatic heterocycles. The van der Waals surface area contributed by atoms with Gasteiger partial charge in [-0.05, 0) is 6.92 Å². The number of carbonyl (C=O) groups is 1. The average molecular weight is 139 g/mol. The Morgan fingerprint density at radius 3 is 2.70 bits per heavy atom. The number of hydrogen-bond donors (Lipinski definition) is 2. The molecule has 0 aromatic carbocycles. The molecule has 54 valence electrons. The van der Waals surface area contributed by atoms with E-state index in [0.717, 1.165) is 0 Å². The highest BCUT2D eigenvalue weighted by Gasteiger charge is 2.30. The van der Waals surface area contributed by atoms with Crippen molar-refractivity contribution in [1.82, 2.24) is 5.32 Å². The van der Waals surface area contributed by atoms with E-state index in [1.807, 2.05) is 6.92 Å². The van der Waals surface area contributed by atoms with Gasteiger partial charge in [-0.1, -0.05) is 6.58 Å². The van der Waals surface area contributed by atoms with E-state index in [1.54, 1.807) is 0 Å². The minimum atomic E-state index is -0.351. The Morgan fingerprint density at radius 2 is 2.30 bits per heavy atom. The highest BCUT2D eigenvalue weighted by molar-refractivity contribution is 6.17. The van der Waals surface area contributed by atoms with Crippen molar-refractivity contribution in [1.29, 1.82) is 0 Å².